The maximum absolute atomic E-state index is 14.9. The first-order valence-corrected chi connectivity index (χ1v) is 12.1. The van der Waals surface area contributed by atoms with Crippen molar-refractivity contribution in [3.8, 4) is 11.3 Å². The summed E-state index contributed by atoms with van der Waals surface area (Å²) in [6, 6.07) is 4.30. The van der Waals surface area contributed by atoms with E-state index in [-0.39, 0.29) is 18.1 Å². The number of likely N-dealkylation sites (tertiary alicyclic amines) is 1. The van der Waals surface area contributed by atoms with Gasteiger partial charge >= 0.3 is 179 Å². The van der Waals surface area contributed by atoms with Crippen LogP contribution in [0.25, 0.3) is 11.3 Å². The summed E-state index contributed by atoms with van der Waals surface area (Å²) in [7, 11) is 0. The van der Waals surface area contributed by atoms with Gasteiger partial charge in [-0.25, -0.2) is 0 Å². The number of nitrogens with zero attached hydrogens (tertiary/aromatic N) is 3. The fourth-order valence-electron chi connectivity index (χ4n) is 2.93. The molecule has 1 fully saturated rings. The van der Waals surface area contributed by atoms with E-state index in [4.69, 9.17) is 0 Å². The number of amides is 1. The Hall–Kier alpha value is -2.09. The zero-order valence-electron chi connectivity index (χ0n) is 15.8. The van der Waals surface area contributed by atoms with Crippen LogP contribution in [0.15, 0.2) is 30.6 Å². The van der Waals surface area contributed by atoms with Crippen LogP contribution in [0.3, 0.4) is 0 Å². The van der Waals surface area contributed by atoms with Gasteiger partial charge < -0.3 is 0 Å². The molecule has 12 heteroatoms. The molecule has 2 aromatic rings. The van der Waals surface area contributed by atoms with Gasteiger partial charge in [0, 0.05) is 0 Å². The van der Waals surface area contributed by atoms with Crippen molar-refractivity contribution < 1.29 is 52.7 Å². The summed E-state index contributed by atoms with van der Waals surface area (Å²) in [4.78, 5) is 23.5. The van der Waals surface area contributed by atoms with Crippen molar-refractivity contribution in [1.82, 2.24) is 14.9 Å². The van der Waals surface area contributed by atoms with Crippen molar-refractivity contribution in [2.24, 2.45) is 0 Å². The number of aromatic nitrogens is 2. The number of anilines is 1. The molecule has 0 radical (unpaired) electrons. The van der Waals surface area contributed by atoms with Gasteiger partial charge in [0.05, 0.1) is 0 Å². The predicted molar refractivity (Wildman–Crippen MR) is 92.8 cm³/mol. The first kappa shape index (κ1) is 22.6. The number of hydrogen-bond donors (Lipinski definition) is 1. The molecule has 6 nitrogen and oxygen atoms in total. The molecule has 30 heavy (non-hydrogen) atoms. The number of alkyl halides is 5. The fourth-order valence-corrected chi connectivity index (χ4v) is 4.43. The first-order chi connectivity index (χ1) is 14.1. The van der Waals surface area contributed by atoms with Crippen molar-refractivity contribution in [2.45, 2.75) is 29.5 Å². The van der Waals surface area contributed by atoms with Crippen molar-refractivity contribution in [3.05, 3.63) is 42.2 Å². The molecule has 3 rings (SSSR count). The fraction of sp³-hybridized carbons (Fsp3) is 0.389. The molecule has 1 aromatic heterocycles. The van der Waals surface area contributed by atoms with E-state index >= 15 is 0 Å². The third-order valence-electron chi connectivity index (χ3n) is 4.58. The van der Waals surface area contributed by atoms with Gasteiger partial charge in [-0.3, -0.25) is 0 Å². The topological polar surface area (TPSA) is 67.4 Å². The van der Waals surface area contributed by atoms with Gasteiger partial charge in [-0.15, -0.1) is 0 Å². The quantitative estimate of drug-likeness (QED) is 0.241. The average Bonchev–Trinajstić information content (AvgIpc) is 2.69. The van der Waals surface area contributed by atoms with E-state index in [0.717, 1.165) is 6.33 Å². The van der Waals surface area contributed by atoms with E-state index in [1.54, 1.807) is 4.93 Å². The van der Waals surface area contributed by atoms with Gasteiger partial charge in [0.15, 0.2) is 0 Å². The monoisotopic (exact) mass is 543 g/mol. The summed E-state index contributed by atoms with van der Waals surface area (Å²) >= 11 is -0.816. The molecule has 2 heterocycles. The van der Waals surface area contributed by atoms with Gasteiger partial charge in [0.1, 0.15) is 0 Å². The van der Waals surface area contributed by atoms with Crippen LogP contribution in [0.4, 0.5) is 27.8 Å². The summed E-state index contributed by atoms with van der Waals surface area (Å²) in [5.74, 6) is -1.94. The second-order valence-electron chi connectivity index (χ2n) is 6.45. The summed E-state index contributed by atoms with van der Waals surface area (Å²) in [6.07, 6.45) is -4.80. The molecular weight excluding hydrogens is 526 g/mol. The molecule has 1 amide bonds. The van der Waals surface area contributed by atoms with Gasteiger partial charge in [0.25, 0.3) is 0 Å². The molecule has 0 saturated carbocycles. The van der Waals surface area contributed by atoms with Crippen molar-refractivity contribution >= 4 is 11.7 Å². The number of rotatable bonds is 6. The Kier molecular flexibility index (Phi) is 6.75. The Labute approximate surface area is 179 Å². The molecule has 1 saturated heterocycles. The molecule has 0 aliphatic carbocycles. The van der Waals surface area contributed by atoms with Crippen molar-refractivity contribution in [1.29, 1.82) is 0 Å². The Morgan fingerprint density at radius 3 is 2.50 bits per heavy atom. The van der Waals surface area contributed by atoms with Crippen molar-refractivity contribution in [2.75, 3.05) is 16.8 Å². The number of nitrogens with one attached hydrogen (secondary N) is 1. The number of hydrogen-bond acceptors (Lipinski definition) is 5. The summed E-state index contributed by atoms with van der Waals surface area (Å²) in [6.45, 7) is 1.26. The predicted octanol–water partition coefficient (Wildman–Crippen LogP) is 0.0143. The van der Waals surface area contributed by atoms with Crippen LogP contribution in [-0.4, -0.2) is 54.8 Å². The normalized spacial score (nSPS) is 20.0. The zero-order chi connectivity index (χ0) is 22.1. The van der Waals surface area contributed by atoms with Crippen LogP contribution >= 0.6 is 0 Å². The Balaban J connectivity index is 1.73. The van der Waals surface area contributed by atoms with Gasteiger partial charge in [-0.1, -0.05) is 0 Å². The summed E-state index contributed by atoms with van der Waals surface area (Å²) in [5, 5.41) is 2.75. The number of carbonyl (C=O) groups excluding carboxylic acids is 1. The Bertz CT molecular complexity index is 912. The third kappa shape index (κ3) is 4.96. The number of benzene rings is 1. The Morgan fingerprint density at radius 2 is 1.93 bits per heavy atom. The molecular formula is C18H17F5IN4O2-. The maximum atomic E-state index is 14.9. The van der Waals surface area contributed by atoms with E-state index in [1.165, 1.54) is 36.1 Å². The Morgan fingerprint density at radius 1 is 1.27 bits per heavy atom. The van der Waals surface area contributed by atoms with Crippen molar-refractivity contribution in [3.63, 3.8) is 0 Å². The molecule has 1 aromatic carbocycles. The van der Waals surface area contributed by atoms with Crippen LogP contribution < -0.4 is 26.5 Å². The van der Waals surface area contributed by atoms with Gasteiger partial charge in [-0.2, -0.15) is 0 Å². The standard InChI is InChI=1S/C18H17F5IN4O2/c1-9-12(30-18(21,22)23)7-28(9)17(29)15(24-2)27-16-13(20)14(25-8-26-16)10-3-5-11(19)6-4-10/h3-6,8-9,12,15H,7H2,1-2H3,(H,25,26,27)/q-1/t9-,12-,15-/m0/s1. The SMILES string of the molecule is C[I-][C@@H](Nc1ncnc(-c2ccc(F)cc2)c1F)C(=O)N1C[C@H](OC(F)(F)F)[C@@H]1C. The summed E-state index contributed by atoms with van der Waals surface area (Å²) in [5.41, 5.74) is 0.265. The van der Waals surface area contributed by atoms with Crippen LogP contribution in [0.5, 0.6) is 0 Å². The van der Waals surface area contributed by atoms with E-state index in [2.05, 4.69) is 20.0 Å². The molecule has 3 atom stereocenters. The number of carbonyl (C=O) groups is 1. The molecule has 0 bridgehead atoms. The average molecular weight is 543 g/mol. The molecule has 1 aliphatic heterocycles. The number of ether oxygens (including phenoxy) is 1. The number of halogens is 6. The minimum absolute atomic E-state index is 0.0658. The van der Waals surface area contributed by atoms with Crippen LogP contribution in [0, 0.1) is 11.6 Å². The van der Waals surface area contributed by atoms with Crippen LogP contribution in [0.1, 0.15) is 6.92 Å². The molecule has 1 aliphatic rings. The van der Waals surface area contributed by atoms with Crippen LogP contribution in [-0.2, 0) is 9.53 Å². The second kappa shape index (κ2) is 8.96. The van der Waals surface area contributed by atoms with E-state index < -0.39 is 61.3 Å². The third-order valence-corrected chi connectivity index (χ3v) is 6.67. The minimum atomic E-state index is -4.77. The van der Waals surface area contributed by atoms with E-state index in [1.807, 2.05) is 0 Å². The zero-order valence-corrected chi connectivity index (χ0v) is 17.9. The second-order valence-corrected chi connectivity index (χ2v) is 8.94. The van der Waals surface area contributed by atoms with Gasteiger partial charge in [-0.05, 0) is 0 Å². The van der Waals surface area contributed by atoms with E-state index in [9.17, 15) is 26.7 Å². The molecule has 0 spiro atoms. The summed E-state index contributed by atoms with van der Waals surface area (Å²) < 4.78 is 68.3. The van der Waals surface area contributed by atoms with Crippen LogP contribution in [0.2, 0.25) is 0 Å². The molecule has 164 valence electrons. The molecule has 1 N–H and O–H groups in total. The van der Waals surface area contributed by atoms with Gasteiger partial charge in [0.2, 0.25) is 0 Å². The molecule has 0 unspecified atom stereocenters. The van der Waals surface area contributed by atoms with E-state index in [0.29, 0.717) is 5.56 Å². The first-order valence-electron chi connectivity index (χ1n) is 8.66.